The summed E-state index contributed by atoms with van der Waals surface area (Å²) in [5, 5.41) is 27.7. The van der Waals surface area contributed by atoms with Crippen LogP contribution >= 0.6 is 0 Å². The highest BCUT2D eigenvalue weighted by atomic mass is 16.4. The molecule has 0 aliphatic carbocycles. The predicted molar refractivity (Wildman–Crippen MR) is 59.0 cm³/mol. The summed E-state index contributed by atoms with van der Waals surface area (Å²) in [6.07, 6.45) is 1.57. The summed E-state index contributed by atoms with van der Waals surface area (Å²) >= 11 is 0. The normalized spacial score (nSPS) is 23.1. The third kappa shape index (κ3) is 2.25. The number of pyridine rings is 1. The smallest absolute Gasteiger partial charge is 0.326 e. The number of aliphatic hydroxyl groups is 1. The molecule has 1 fully saturated rings. The first-order valence-corrected chi connectivity index (χ1v) is 5.35. The minimum atomic E-state index is -1.16. The van der Waals surface area contributed by atoms with Crippen LogP contribution in [-0.4, -0.2) is 55.8 Å². The van der Waals surface area contributed by atoms with Crippen molar-refractivity contribution in [1.29, 1.82) is 0 Å². The molecule has 96 valence electrons. The summed E-state index contributed by atoms with van der Waals surface area (Å²) in [6, 6.07) is 0.161. The maximum atomic E-state index is 12.1. The predicted octanol–water partition coefficient (Wildman–Crippen LogP) is -0.553. The number of nitrogens with zero attached hydrogens (tertiary/aromatic N) is 2. The van der Waals surface area contributed by atoms with Crippen LogP contribution in [0.5, 0.6) is 5.75 Å². The summed E-state index contributed by atoms with van der Waals surface area (Å²) < 4.78 is 0. The number of aromatic nitrogens is 1. The quantitative estimate of drug-likeness (QED) is 0.651. The van der Waals surface area contributed by atoms with Gasteiger partial charge in [0, 0.05) is 19.2 Å². The number of β-amino-alcohol motifs (C(OH)–C–C–N with tert-alkyl or cyclic N) is 1. The van der Waals surface area contributed by atoms with Crippen molar-refractivity contribution in [3.8, 4) is 5.75 Å². The maximum absolute atomic E-state index is 12.1. The van der Waals surface area contributed by atoms with E-state index in [1.54, 1.807) is 0 Å². The van der Waals surface area contributed by atoms with E-state index in [2.05, 4.69) is 4.98 Å². The van der Waals surface area contributed by atoms with Crippen molar-refractivity contribution < 1.29 is 24.9 Å². The van der Waals surface area contributed by atoms with Crippen LogP contribution in [0.4, 0.5) is 0 Å². The molecule has 7 heteroatoms. The lowest BCUT2D eigenvalue weighted by Gasteiger charge is -2.20. The molecule has 0 aromatic carbocycles. The Bertz CT molecular complexity index is 490. The van der Waals surface area contributed by atoms with Crippen molar-refractivity contribution in [2.45, 2.75) is 18.6 Å². The molecule has 0 bridgehead atoms. The van der Waals surface area contributed by atoms with Gasteiger partial charge < -0.3 is 20.2 Å². The number of carbonyl (C=O) groups is 2. The summed E-state index contributed by atoms with van der Waals surface area (Å²) in [5.41, 5.74) is 0.0929. The van der Waals surface area contributed by atoms with Crippen LogP contribution in [0, 0.1) is 0 Å². The van der Waals surface area contributed by atoms with E-state index in [0.29, 0.717) is 0 Å². The van der Waals surface area contributed by atoms with E-state index in [-0.39, 0.29) is 24.3 Å². The average molecular weight is 252 g/mol. The first kappa shape index (κ1) is 12.3. The molecule has 0 radical (unpaired) electrons. The Morgan fingerprint density at radius 2 is 2.11 bits per heavy atom. The Morgan fingerprint density at radius 1 is 1.39 bits per heavy atom. The number of carbonyl (C=O) groups excluding carboxylic acids is 1. The Kier molecular flexibility index (Phi) is 3.15. The molecule has 7 nitrogen and oxygen atoms in total. The molecule has 1 aliphatic rings. The van der Waals surface area contributed by atoms with Crippen LogP contribution < -0.4 is 0 Å². The molecule has 1 saturated heterocycles. The maximum Gasteiger partial charge on any atom is 0.326 e. The molecule has 0 saturated carbocycles. The van der Waals surface area contributed by atoms with Gasteiger partial charge >= 0.3 is 5.97 Å². The van der Waals surface area contributed by atoms with Crippen molar-refractivity contribution in [2.75, 3.05) is 6.54 Å². The Balaban J connectivity index is 2.25. The van der Waals surface area contributed by atoms with E-state index in [1.165, 1.54) is 18.5 Å². The molecule has 0 spiro atoms. The van der Waals surface area contributed by atoms with Crippen molar-refractivity contribution >= 4 is 11.9 Å². The number of aliphatic carboxylic acids is 1. The van der Waals surface area contributed by atoms with Gasteiger partial charge in [0.25, 0.3) is 5.91 Å². The summed E-state index contributed by atoms with van der Waals surface area (Å²) in [7, 11) is 0. The minimum Gasteiger partial charge on any atom is -0.506 e. The Labute approximate surface area is 102 Å². The lowest BCUT2D eigenvalue weighted by molar-refractivity contribution is -0.141. The first-order chi connectivity index (χ1) is 8.49. The van der Waals surface area contributed by atoms with Crippen LogP contribution in [0.15, 0.2) is 18.5 Å². The first-order valence-electron chi connectivity index (χ1n) is 5.35. The van der Waals surface area contributed by atoms with Gasteiger partial charge in [-0.25, -0.2) is 4.79 Å². The lowest BCUT2D eigenvalue weighted by Crippen LogP contribution is -2.40. The number of hydrogen-bond acceptors (Lipinski definition) is 5. The number of rotatable bonds is 2. The van der Waals surface area contributed by atoms with E-state index in [4.69, 9.17) is 5.11 Å². The molecular weight excluding hydrogens is 240 g/mol. The largest absolute Gasteiger partial charge is 0.506 e. The highest BCUT2D eigenvalue weighted by Gasteiger charge is 2.39. The van der Waals surface area contributed by atoms with Gasteiger partial charge in [0.1, 0.15) is 11.8 Å². The van der Waals surface area contributed by atoms with Crippen LogP contribution in [0.2, 0.25) is 0 Å². The summed E-state index contributed by atoms with van der Waals surface area (Å²) in [6.45, 7) is -0.0363. The Hall–Kier alpha value is -2.15. The molecule has 2 atom stereocenters. The van der Waals surface area contributed by atoms with E-state index in [9.17, 15) is 19.8 Å². The third-order valence-corrected chi connectivity index (χ3v) is 2.80. The van der Waals surface area contributed by atoms with Crippen LogP contribution in [0.25, 0.3) is 0 Å². The van der Waals surface area contributed by atoms with Crippen LogP contribution in [0.3, 0.4) is 0 Å². The molecule has 3 N–H and O–H groups in total. The van der Waals surface area contributed by atoms with Crippen molar-refractivity contribution in [1.82, 2.24) is 9.88 Å². The summed E-state index contributed by atoms with van der Waals surface area (Å²) in [5.74, 6) is -1.90. The standard InChI is InChI=1S/C11H12N2O5/c14-7-1-6(3-12-4-7)10(16)13-5-8(15)2-9(13)11(17)18/h1,3-4,8-9,14-15H,2,5H2,(H,17,18)/t8?,9-/m0/s1. The van der Waals surface area contributed by atoms with E-state index < -0.39 is 24.0 Å². The minimum absolute atomic E-state index is 0.00726. The zero-order chi connectivity index (χ0) is 13.3. The van der Waals surface area contributed by atoms with E-state index in [1.807, 2.05) is 0 Å². The van der Waals surface area contributed by atoms with Crippen molar-refractivity contribution in [3.05, 3.63) is 24.0 Å². The van der Waals surface area contributed by atoms with Crippen molar-refractivity contribution in [3.63, 3.8) is 0 Å². The second-order valence-corrected chi connectivity index (χ2v) is 4.13. The topological polar surface area (TPSA) is 111 Å². The number of aromatic hydroxyl groups is 1. The second kappa shape index (κ2) is 4.61. The van der Waals surface area contributed by atoms with Gasteiger partial charge in [-0.1, -0.05) is 0 Å². The molecule has 1 amide bonds. The van der Waals surface area contributed by atoms with E-state index in [0.717, 1.165) is 4.90 Å². The molecule has 1 unspecified atom stereocenters. The summed E-state index contributed by atoms with van der Waals surface area (Å²) in [4.78, 5) is 27.8. The van der Waals surface area contributed by atoms with Gasteiger partial charge in [-0.15, -0.1) is 0 Å². The van der Waals surface area contributed by atoms with Gasteiger partial charge in [-0.3, -0.25) is 9.78 Å². The molecule has 2 rings (SSSR count). The fourth-order valence-electron chi connectivity index (χ4n) is 1.98. The molecular formula is C11H12N2O5. The molecule has 2 heterocycles. The monoisotopic (exact) mass is 252 g/mol. The Morgan fingerprint density at radius 3 is 2.72 bits per heavy atom. The number of aliphatic hydroxyl groups excluding tert-OH is 1. The number of carboxylic acids is 1. The third-order valence-electron chi connectivity index (χ3n) is 2.80. The van der Waals surface area contributed by atoms with Gasteiger partial charge in [-0.2, -0.15) is 0 Å². The lowest BCUT2D eigenvalue weighted by atomic mass is 10.2. The molecule has 1 aromatic heterocycles. The van der Waals surface area contributed by atoms with Crippen LogP contribution in [-0.2, 0) is 4.79 Å². The van der Waals surface area contributed by atoms with Gasteiger partial charge in [0.2, 0.25) is 0 Å². The van der Waals surface area contributed by atoms with Gasteiger partial charge in [-0.05, 0) is 6.07 Å². The molecule has 1 aliphatic heterocycles. The SMILES string of the molecule is O=C(O)[C@@H]1CC(O)CN1C(=O)c1cncc(O)c1. The number of likely N-dealkylation sites (tertiary alicyclic amines) is 1. The highest BCUT2D eigenvalue weighted by molar-refractivity contribution is 5.97. The van der Waals surface area contributed by atoms with Crippen LogP contribution in [0.1, 0.15) is 16.8 Å². The zero-order valence-corrected chi connectivity index (χ0v) is 9.35. The fourth-order valence-corrected chi connectivity index (χ4v) is 1.98. The molecule has 18 heavy (non-hydrogen) atoms. The number of amides is 1. The zero-order valence-electron chi connectivity index (χ0n) is 9.35. The van der Waals surface area contributed by atoms with E-state index >= 15 is 0 Å². The fraction of sp³-hybridized carbons (Fsp3) is 0.364. The second-order valence-electron chi connectivity index (χ2n) is 4.13. The highest BCUT2D eigenvalue weighted by Crippen LogP contribution is 2.21. The average Bonchev–Trinajstić information content (AvgIpc) is 2.70. The van der Waals surface area contributed by atoms with Gasteiger partial charge in [0.15, 0.2) is 0 Å². The van der Waals surface area contributed by atoms with Crippen molar-refractivity contribution in [2.24, 2.45) is 0 Å². The van der Waals surface area contributed by atoms with Gasteiger partial charge in [0.05, 0.1) is 17.9 Å². The molecule has 1 aromatic rings. The number of carboxylic acid groups (broad SMARTS) is 1. The number of hydrogen-bond donors (Lipinski definition) is 3.